The zero-order valence-corrected chi connectivity index (χ0v) is 13.6. The van der Waals surface area contributed by atoms with Crippen molar-refractivity contribution in [1.29, 1.82) is 0 Å². The van der Waals surface area contributed by atoms with Gasteiger partial charge in [0.05, 0.1) is 0 Å². The highest BCUT2D eigenvalue weighted by Crippen LogP contribution is 2.32. The Hall–Kier alpha value is -0.0400. The van der Waals surface area contributed by atoms with Crippen LogP contribution in [0.4, 0.5) is 0 Å². The van der Waals surface area contributed by atoms with Crippen LogP contribution in [0.1, 0.15) is 79.1 Å². The van der Waals surface area contributed by atoms with E-state index in [1.165, 1.54) is 51.4 Å². The minimum Gasteiger partial charge on any atom is -0.311 e. The van der Waals surface area contributed by atoms with Gasteiger partial charge < -0.3 is 5.32 Å². The van der Waals surface area contributed by atoms with Crippen LogP contribution in [0, 0.1) is 23.7 Å². The zero-order chi connectivity index (χ0) is 13.8. The summed E-state index contributed by atoms with van der Waals surface area (Å²) in [6.45, 7) is 9.69. The van der Waals surface area contributed by atoms with Gasteiger partial charge in [-0.15, -0.1) is 0 Å². The summed E-state index contributed by atoms with van der Waals surface area (Å²) in [5.74, 6) is 3.73. The maximum Gasteiger partial charge on any atom is 0.00723 e. The molecular weight excluding hydrogens is 230 g/mol. The minimum atomic E-state index is 0.812. The summed E-state index contributed by atoms with van der Waals surface area (Å²) in [4.78, 5) is 0. The Balaban J connectivity index is 1.77. The van der Waals surface area contributed by atoms with Crippen molar-refractivity contribution in [2.75, 3.05) is 0 Å². The Kier molecular flexibility index (Phi) is 5.74. The molecule has 2 aliphatic carbocycles. The van der Waals surface area contributed by atoms with Crippen LogP contribution in [0.5, 0.6) is 0 Å². The topological polar surface area (TPSA) is 12.0 Å². The summed E-state index contributed by atoms with van der Waals surface area (Å²) in [6.07, 6.45) is 11.5. The molecule has 0 saturated heterocycles. The molecule has 2 aliphatic rings. The Labute approximate surface area is 120 Å². The summed E-state index contributed by atoms with van der Waals surface area (Å²) in [6, 6.07) is 1.63. The first-order valence-corrected chi connectivity index (χ1v) is 8.82. The fourth-order valence-electron chi connectivity index (χ4n) is 4.20. The molecule has 0 aromatic carbocycles. The highest BCUT2D eigenvalue weighted by atomic mass is 15.0. The van der Waals surface area contributed by atoms with Gasteiger partial charge in [-0.25, -0.2) is 0 Å². The minimum absolute atomic E-state index is 0.812. The molecule has 5 atom stereocenters. The third-order valence-electron chi connectivity index (χ3n) is 6.03. The maximum atomic E-state index is 4.01. The quantitative estimate of drug-likeness (QED) is 0.708. The summed E-state index contributed by atoms with van der Waals surface area (Å²) >= 11 is 0. The molecule has 0 aromatic heterocycles. The first-order chi connectivity index (χ1) is 9.06. The molecule has 19 heavy (non-hydrogen) atoms. The van der Waals surface area contributed by atoms with E-state index in [-0.39, 0.29) is 0 Å². The summed E-state index contributed by atoms with van der Waals surface area (Å²) in [7, 11) is 0. The SMILES string of the molecule is CC(C)C1CCCC(NC2CCC(C)C(C)C2)CC1. The number of nitrogens with one attached hydrogen (secondary N) is 1. The van der Waals surface area contributed by atoms with Gasteiger partial charge in [0.15, 0.2) is 0 Å². The third-order valence-corrected chi connectivity index (χ3v) is 6.03. The molecule has 0 bridgehead atoms. The zero-order valence-electron chi connectivity index (χ0n) is 13.6. The Morgan fingerprint density at radius 2 is 1.53 bits per heavy atom. The van der Waals surface area contributed by atoms with Crippen molar-refractivity contribution < 1.29 is 0 Å². The van der Waals surface area contributed by atoms with Crippen LogP contribution in [-0.4, -0.2) is 12.1 Å². The van der Waals surface area contributed by atoms with Crippen LogP contribution in [0.3, 0.4) is 0 Å². The maximum absolute atomic E-state index is 4.01. The molecule has 2 rings (SSSR count). The van der Waals surface area contributed by atoms with Crippen molar-refractivity contribution in [1.82, 2.24) is 5.32 Å². The van der Waals surface area contributed by atoms with Gasteiger partial charge in [-0.1, -0.05) is 40.5 Å². The second kappa shape index (κ2) is 7.11. The molecular formula is C18H35N. The van der Waals surface area contributed by atoms with Gasteiger partial charge in [0.25, 0.3) is 0 Å². The van der Waals surface area contributed by atoms with Crippen molar-refractivity contribution in [3.8, 4) is 0 Å². The van der Waals surface area contributed by atoms with Crippen molar-refractivity contribution in [2.45, 2.75) is 91.1 Å². The first-order valence-electron chi connectivity index (χ1n) is 8.82. The lowest BCUT2D eigenvalue weighted by Crippen LogP contribution is -2.42. The van der Waals surface area contributed by atoms with E-state index in [1.807, 2.05) is 0 Å². The van der Waals surface area contributed by atoms with E-state index in [1.54, 1.807) is 0 Å². The fourth-order valence-corrected chi connectivity index (χ4v) is 4.20. The molecule has 1 heteroatoms. The predicted molar refractivity (Wildman–Crippen MR) is 84.3 cm³/mol. The molecule has 0 amide bonds. The average Bonchev–Trinajstić information content (AvgIpc) is 2.59. The molecule has 0 spiro atoms. The molecule has 1 nitrogen and oxygen atoms in total. The van der Waals surface area contributed by atoms with Crippen LogP contribution in [0.15, 0.2) is 0 Å². The van der Waals surface area contributed by atoms with Crippen molar-refractivity contribution in [2.24, 2.45) is 23.7 Å². The molecule has 0 aliphatic heterocycles. The fraction of sp³-hybridized carbons (Fsp3) is 1.00. The van der Waals surface area contributed by atoms with Gasteiger partial charge in [-0.3, -0.25) is 0 Å². The smallest absolute Gasteiger partial charge is 0.00723 e. The van der Waals surface area contributed by atoms with Gasteiger partial charge >= 0.3 is 0 Å². The van der Waals surface area contributed by atoms with E-state index < -0.39 is 0 Å². The van der Waals surface area contributed by atoms with Crippen LogP contribution < -0.4 is 5.32 Å². The highest BCUT2D eigenvalue weighted by molar-refractivity contribution is 4.84. The van der Waals surface area contributed by atoms with Crippen LogP contribution in [0.2, 0.25) is 0 Å². The lowest BCUT2D eigenvalue weighted by Gasteiger charge is -2.35. The van der Waals surface area contributed by atoms with Gasteiger partial charge in [0.2, 0.25) is 0 Å². The van der Waals surface area contributed by atoms with E-state index >= 15 is 0 Å². The molecule has 2 fully saturated rings. The normalized spacial score (nSPS) is 41.2. The molecule has 5 unspecified atom stereocenters. The van der Waals surface area contributed by atoms with Crippen molar-refractivity contribution in [3.63, 3.8) is 0 Å². The van der Waals surface area contributed by atoms with E-state index in [0.717, 1.165) is 35.8 Å². The van der Waals surface area contributed by atoms with Crippen molar-refractivity contribution in [3.05, 3.63) is 0 Å². The van der Waals surface area contributed by atoms with Gasteiger partial charge in [-0.05, 0) is 62.2 Å². The van der Waals surface area contributed by atoms with E-state index in [4.69, 9.17) is 0 Å². The number of hydrogen-bond donors (Lipinski definition) is 1. The highest BCUT2D eigenvalue weighted by Gasteiger charge is 2.27. The van der Waals surface area contributed by atoms with E-state index in [0.29, 0.717) is 0 Å². The van der Waals surface area contributed by atoms with Crippen LogP contribution >= 0.6 is 0 Å². The molecule has 2 saturated carbocycles. The molecule has 0 heterocycles. The molecule has 1 N–H and O–H groups in total. The van der Waals surface area contributed by atoms with Crippen LogP contribution in [0.25, 0.3) is 0 Å². The summed E-state index contributed by atoms with van der Waals surface area (Å²) in [5, 5.41) is 4.01. The van der Waals surface area contributed by atoms with Gasteiger partial charge in [0, 0.05) is 12.1 Å². The lowest BCUT2D eigenvalue weighted by atomic mass is 9.79. The number of hydrogen-bond acceptors (Lipinski definition) is 1. The van der Waals surface area contributed by atoms with Gasteiger partial charge in [-0.2, -0.15) is 0 Å². The average molecular weight is 265 g/mol. The summed E-state index contributed by atoms with van der Waals surface area (Å²) < 4.78 is 0. The molecule has 112 valence electrons. The standard InChI is InChI=1S/C18H35N/c1-13(2)16-6-5-7-17(11-9-16)19-18-10-8-14(3)15(4)12-18/h13-19H,5-12H2,1-4H3. The lowest BCUT2D eigenvalue weighted by molar-refractivity contribution is 0.210. The molecule has 0 radical (unpaired) electrons. The second-order valence-electron chi connectivity index (χ2n) is 7.84. The van der Waals surface area contributed by atoms with Gasteiger partial charge in [0.1, 0.15) is 0 Å². The predicted octanol–water partition coefficient (Wildman–Crippen LogP) is 5.01. The van der Waals surface area contributed by atoms with Crippen LogP contribution in [-0.2, 0) is 0 Å². The Morgan fingerprint density at radius 1 is 0.789 bits per heavy atom. The van der Waals surface area contributed by atoms with E-state index in [2.05, 4.69) is 33.0 Å². The summed E-state index contributed by atoms with van der Waals surface area (Å²) in [5.41, 5.74) is 0. The van der Waals surface area contributed by atoms with E-state index in [9.17, 15) is 0 Å². The first kappa shape index (κ1) is 15.4. The third kappa shape index (κ3) is 4.48. The Morgan fingerprint density at radius 3 is 2.21 bits per heavy atom. The monoisotopic (exact) mass is 265 g/mol. The molecule has 0 aromatic rings. The second-order valence-corrected chi connectivity index (χ2v) is 7.84. The largest absolute Gasteiger partial charge is 0.311 e. The Bertz CT molecular complexity index is 260. The van der Waals surface area contributed by atoms with Crippen molar-refractivity contribution >= 4 is 0 Å². The number of rotatable bonds is 3.